The highest BCUT2D eigenvalue weighted by atomic mass is 16.2. The topological polar surface area (TPSA) is 49.6 Å². The van der Waals surface area contributed by atoms with Crippen molar-refractivity contribution in [2.24, 2.45) is 0 Å². The summed E-state index contributed by atoms with van der Waals surface area (Å²) in [7, 11) is 1.81. The summed E-state index contributed by atoms with van der Waals surface area (Å²) in [6.07, 6.45) is 0. The number of fused-ring (bicyclic) bond motifs is 1. The molecule has 0 bridgehead atoms. The van der Waals surface area contributed by atoms with Crippen LogP contribution in [0.4, 0.5) is 16.2 Å². The van der Waals surface area contributed by atoms with Crippen molar-refractivity contribution >= 4 is 17.4 Å². The van der Waals surface area contributed by atoms with Crippen molar-refractivity contribution in [3.05, 3.63) is 59.7 Å². The molecule has 0 unspecified atom stereocenters. The summed E-state index contributed by atoms with van der Waals surface area (Å²) in [4.78, 5) is 15.9. The number of nitrogens with two attached hydrogens (primary N) is 1. The number of amides is 2. The lowest BCUT2D eigenvalue weighted by molar-refractivity contribution is 0.210. The lowest BCUT2D eigenvalue weighted by Gasteiger charge is -2.35. The molecule has 1 heterocycles. The van der Waals surface area contributed by atoms with Crippen LogP contribution in [0.3, 0.4) is 0 Å². The third-order valence-electron chi connectivity index (χ3n) is 3.54. The molecular weight excluding hydrogens is 250 g/mol. The van der Waals surface area contributed by atoms with Crippen LogP contribution in [0, 0.1) is 0 Å². The molecular formula is C16H17N3O. The summed E-state index contributed by atoms with van der Waals surface area (Å²) in [6, 6.07) is 15.7. The van der Waals surface area contributed by atoms with E-state index >= 15 is 0 Å². The van der Waals surface area contributed by atoms with E-state index < -0.39 is 0 Å². The van der Waals surface area contributed by atoms with Gasteiger partial charge >= 0.3 is 6.03 Å². The predicted molar refractivity (Wildman–Crippen MR) is 80.3 cm³/mol. The Bertz CT molecular complexity index is 639. The Morgan fingerprint density at radius 2 is 1.90 bits per heavy atom. The maximum atomic E-state index is 12.4. The largest absolute Gasteiger partial charge is 0.399 e. The molecule has 2 aromatic carbocycles. The van der Waals surface area contributed by atoms with Crippen LogP contribution in [-0.2, 0) is 13.1 Å². The third-order valence-corrected chi connectivity index (χ3v) is 3.54. The minimum atomic E-state index is 0.0196. The first-order chi connectivity index (χ1) is 9.65. The average molecular weight is 267 g/mol. The number of carbonyl (C=O) groups is 1. The molecule has 20 heavy (non-hydrogen) atoms. The Balaban J connectivity index is 1.99. The maximum absolute atomic E-state index is 12.4. The Labute approximate surface area is 118 Å². The summed E-state index contributed by atoms with van der Waals surface area (Å²) in [6.45, 7) is 1.17. The van der Waals surface area contributed by atoms with Gasteiger partial charge in [0.2, 0.25) is 0 Å². The zero-order valence-corrected chi connectivity index (χ0v) is 11.4. The molecule has 0 saturated heterocycles. The molecule has 4 heteroatoms. The van der Waals surface area contributed by atoms with Crippen LogP contribution < -0.4 is 10.6 Å². The average Bonchev–Trinajstić information content (AvgIpc) is 2.45. The second-order valence-corrected chi connectivity index (χ2v) is 5.10. The Morgan fingerprint density at radius 1 is 1.15 bits per heavy atom. The van der Waals surface area contributed by atoms with Crippen LogP contribution in [0.2, 0.25) is 0 Å². The van der Waals surface area contributed by atoms with E-state index in [4.69, 9.17) is 5.73 Å². The molecule has 2 amide bonds. The van der Waals surface area contributed by atoms with Gasteiger partial charge in [-0.05, 0) is 29.3 Å². The standard InChI is InChI=1S/C16H17N3O/c1-18-11-13-9-14(17)7-8-15(13)19(16(18)20)10-12-5-3-2-4-6-12/h2-9H,10-11,17H2,1H3. The quantitative estimate of drug-likeness (QED) is 0.851. The Hall–Kier alpha value is -2.49. The zero-order valence-electron chi connectivity index (χ0n) is 11.4. The summed E-state index contributed by atoms with van der Waals surface area (Å²) in [5, 5.41) is 0. The smallest absolute Gasteiger partial charge is 0.324 e. The van der Waals surface area contributed by atoms with E-state index in [-0.39, 0.29) is 6.03 Å². The summed E-state index contributed by atoms with van der Waals surface area (Å²) >= 11 is 0. The monoisotopic (exact) mass is 267 g/mol. The first kappa shape index (κ1) is 12.5. The molecule has 0 aliphatic carbocycles. The van der Waals surface area contributed by atoms with Gasteiger partial charge in [0, 0.05) is 19.3 Å². The Kier molecular flexibility index (Phi) is 3.06. The molecule has 0 spiro atoms. The normalized spacial score (nSPS) is 14.3. The van der Waals surface area contributed by atoms with Crippen LogP contribution in [0.25, 0.3) is 0 Å². The zero-order chi connectivity index (χ0) is 14.1. The number of urea groups is 1. The highest BCUT2D eigenvalue weighted by molar-refractivity contribution is 5.95. The second-order valence-electron chi connectivity index (χ2n) is 5.10. The van der Waals surface area contributed by atoms with Crippen molar-refractivity contribution in [3.8, 4) is 0 Å². The fraction of sp³-hybridized carbons (Fsp3) is 0.188. The summed E-state index contributed by atoms with van der Waals surface area (Å²) < 4.78 is 0. The van der Waals surface area contributed by atoms with Gasteiger partial charge < -0.3 is 10.6 Å². The lowest BCUT2D eigenvalue weighted by atomic mass is 10.1. The molecule has 1 aliphatic rings. The van der Waals surface area contributed by atoms with Crippen molar-refractivity contribution in [1.29, 1.82) is 0 Å². The number of nitrogen functional groups attached to an aromatic ring is 1. The first-order valence-electron chi connectivity index (χ1n) is 6.60. The van der Waals surface area contributed by atoms with Gasteiger partial charge in [-0.25, -0.2) is 4.79 Å². The van der Waals surface area contributed by atoms with Gasteiger partial charge in [-0.2, -0.15) is 0 Å². The van der Waals surface area contributed by atoms with Gasteiger partial charge in [-0.1, -0.05) is 30.3 Å². The third kappa shape index (κ3) is 2.20. The first-order valence-corrected chi connectivity index (χ1v) is 6.60. The fourth-order valence-corrected chi connectivity index (χ4v) is 2.55. The van der Waals surface area contributed by atoms with Crippen LogP contribution in [0.15, 0.2) is 48.5 Å². The minimum absolute atomic E-state index is 0.0196. The van der Waals surface area contributed by atoms with E-state index in [0.717, 1.165) is 22.5 Å². The van der Waals surface area contributed by atoms with Crippen LogP contribution >= 0.6 is 0 Å². The molecule has 0 aromatic heterocycles. The molecule has 2 aromatic rings. The summed E-state index contributed by atoms with van der Waals surface area (Å²) in [5.74, 6) is 0. The van der Waals surface area contributed by atoms with E-state index in [1.807, 2.05) is 55.6 Å². The molecule has 3 rings (SSSR count). The number of anilines is 2. The number of hydrogen-bond donors (Lipinski definition) is 1. The van der Waals surface area contributed by atoms with Gasteiger partial charge in [0.05, 0.1) is 12.2 Å². The molecule has 102 valence electrons. The van der Waals surface area contributed by atoms with Gasteiger partial charge in [0.25, 0.3) is 0 Å². The van der Waals surface area contributed by atoms with Gasteiger partial charge in [-0.15, -0.1) is 0 Å². The molecule has 0 radical (unpaired) electrons. The van der Waals surface area contributed by atoms with Gasteiger partial charge in [-0.3, -0.25) is 4.90 Å². The number of benzene rings is 2. The van der Waals surface area contributed by atoms with Crippen LogP contribution in [-0.4, -0.2) is 18.0 Å². The minimum Gasteiger partial charge on any atom is -0.399 e. The van der Waals surface area contributed by atoms with E-state index in [1.54, 1.807) is 9.80 Å². The number of nitrogens with zero attached hydrogens (tertiary/aromatic N) is 2. The number of rotatable bonds is 2. The van der Waals surface area contributed by atoms with E-state index in [2.05, 4.69) is 0 Å². The predicted octanol–water partition coefficient (Wildman–Crippen LogP) is 2.84. The highest BCUT2D eigenvalue weighted by Crippen LogP contribution is 2.30. The van der Waals surface area contributed by atoms with Gasteiger partial charge in [0.1, 0.15) is 0 Å². The van der Waals surface area contributed by atoms with E-state index in [1.165, 1.54) is 0 Å². The van der Waals surface area contributed by atoms with Crippen molar-refractivity contribution in [3.63, 3.8) is 0 Å². The Morgan fingerprint density at radius 3 is 2.65 bits per heavy atom. The van der Waals surface area contributed by atoms with Gasteiger partial charge in [0.15, 0.2) is 0 Å². The van der Waals surface area contributed by atoms with Crippen molar-refractivity contribution in [1.82, 2.24) is 4.90 Å². The number of hydrogen-bond acceptors (Lipinski definition) is 2. The lowest BCUT2D eigenvalue weighted by Crippen LogP contribution is -2.44. The molecule has 1 aliphatic heterocycles. The van der Waals surface area contributed by atoms with Crippen LogP contribution in [0.5, 0.6) is 0 Å². The summed E-state index contributed by atoms with van der Waals surface area (Å²) in [5.41, 5.74) is 9.71. The number of carbonyl (C=O) groups excluding carboxylic acids is 1. The molecule has 0 atom stereocenters. The highest BCUT2D eigenvalue weighted by Gasteiger charge is 2.27. The molecule has 0 saturated carbocycles. The van der Waals surface area contributed by atoms with Crippen molar-refractivity contribution in [2.75, 3.05) is 17.7 Å². The van der Waals surface area contributed by atoms with Crippen molar-refractivity contribution < 1.29 is 4.79 Å². The second kappa shape index (κ2) is 4.89. The van der Waals surface area contributed by atoms with E-state index in [9.17, 15) is 4.79 Å². The van der Waals surface area contributed by atoms with E-state index in [0.29, 0.717) is 13.1 Å². The SMILES string of the molecule is CN1Cc2cc(N)ccc2N(Cc2ccccc2)C1=O. The molecule has 2 N–H and O–H groups in total. The molecule has 0 fully saturated rings. The van der Waals surface area contributed by atoms with Crippen LogP contribution in [0.1, 0.15) is 11.1 Å². The fourth-order valence-electron chi connectivity index (χ4n) is 2.55. The maximum Gasteiger partial charge on any atom is 0.324 e. The molecule has 4 nitrogen and oxygen atoms in total. The van der Waals surface area contributed by atoms with Crippen molar-refractivity contribution in [2.45, 2.75) is 13.1 Å².